The Morgan fingerprint density at radius 2 is 1.86 bits per heavy atom. The van der Waals surface area contributed by atoms with Gasteiger partial charge in [0.15, 0.2) is 0 Å². The molecule has 0 aliphatic carbocycles. The number of rotatable bonds is 4. The Hall–Kier alpha value is -2.58. The SMILES string of the molecule is Cc1ccc(S(=O)(=O)N2CCC(OC(=O)Nc3ccc4c(c3)CCO4)CC2)cc1. The molecule has 29 heavy (non-hydrogen) atoms. The average Bonchev–Trinajstić information content (AvgIpc) is 3.16. The molecule has 1 amide bonds. The van der Waals surface area contributed by atoms with E-state index in [4.69, 9.17) is 9.47 Å². The number of carbonyl (C=O) groups excluding carboxylic acids is 1. The summed E-state index contributed by atoms with van der Waals surface area (Å²) < 4.78 is 37.9. The molecule has 0 radical (unpaired) electrons. The Bertz CT molecular complexity index is 996. The van der Waals surface area contributed by atoms with Gasteiger partial charge in [0.25, 0.3) is 0 Å². The lowest BCUT2D eigenvalue weighted by Crippen LogP contribution is -2.41. The van der Waals surface area contributed by atoms with Crippen LogP contribution < -0.4 is 10.1 Å². The molecule has 2 aromatic rings. The molecule has 7 nitrogen and oxygen atoms in total. The Labute approximate surface area is 170 Å². The Morgan fingerprint density at radius 1 is 1.14 bits per heavy atom. The molecular formula is C21H24N2O5S. The van der Waals surface area contributed by atoms with Crippen LogP contribution in [-0.4, -0.2) is 44.6 Å². The number of hydrogen-bond acceptors (Lipinski definition) is 5. The van der Waals surface area contributed by atoms with E-state index in [1.54, 1.807) is 30.3 Å². The van der Waals surface area contributed by atoms with Gasteiger partial charge in [-0.1, -0.05) is 17.7 Å². The number of piperidine rings is 1. The van der Waals surface area contributed by atoms with Crippen molar-refractivity contribution in [1.29, 1.82) is 0 Å². The van der Waals surface area contributed by atoms with Crippen molar-refractivity contribution < 1.29 is 22.7 Å². The Kier molecular flexibility index (Phi) is 5.47. The molecule has 2 aliphatic rings. The number of nitrogens with zero attached hydrogens (tertiary/aromatic N) is 1. The van der Waals surface area contributed by atoms with Gasteiger partial charge in [0.1, 0.15) is 11.9 Å². The topological polar surface area (TPSA) is 84.9 Å². The number of benzene rings is 2. The molecule has 0 unspecified atom stereocenters. The average molecular weight is 416 g/mol. The van der Waals surface area contributed by atoms with Crippen molar-refractivity contribution in [1.82, 2.24) is 4.31 Å². The first kappa shape index (κ1) is 19.7. The van der Waals surface area contributed by atoms with Crippen LogP contribution in [0.1, 0.15) is 24.0 Å². The summed E-state index contributed by atoms with van der Waals surface area (Å²) in [5.74, 6) is 0.853. The van der Waals surface area contributed by atoms with E-state index in [-0.39, 0.29) is 6.10 Å². The maximum Gasteiger partial charge on any atom is 0.411 e. The molecule has 0 saturated carbocycles. The molecule has 2 aliphatic heterocycles. The fourth-order valence-corrected chi connectivity index (χ4v) is 5.08. The first-order chi connectivity index (χ1) is 13.9. The second-order valence-corrected chi connectivity index (χ2v) is 9.31. The zero-order chi connectivity index (χ0) is 20.4. The molecule has 8 heteroatoms. The zero-order valence-electron chi connectivity index (χ0n) is 16.3. The van der Waals surface area contributed by atoms with Gasteiger partial charge in [0.2, 0.25) is 10.0 Å². The lowest BCUT2D eigenvalue weighted by molar-refractivity contribution is 0.0774. The van der Waals surface area contributed by atoms with E-state index < -0.39 is 16.1 Å². The normalized spacial score (nSPS) is 17.4. The quantitative estimate of drug-likeness (QED) is 0.826. The van der Waals surface area contributed by atoms with Crippen LogP contribution in [0.15, 0.2) is 47.4 Å². The molecule has 0 aromatic heterocycles. The number of anilines is 1. The molecule has 0 bridgehead atoms. The monoisotopic (exact) mass is 416 g/mol. The Balaban J connectivity index is 1.30. The maximum absolute atomic E-state index is 12.8. The smallest absolute Gasteiger partial charge is 0.411 e. The molecule has 154 valence electrons. The van der Waals surface area contributed by atoms with Gasteiger partial charge in [-0.3, -0.25) is 5.32 Å². The highest BCUT2D eigenvalue weighted by atomic mass is 32.2. The minimum atomic E-state index is -3.52. The van der Waals surface area contributed by atoms with Crippen molar-refractivity contribution in [2.24, 2.45) is 0 Å². The fourth-order valence-electron chi connectivity index (χ4n) is 3.61. The summed E-state index contributed by atoms with van der Waals surface area (Å²) in [6.07, 6.45) is 0.932. The number of nitrogens with one attached hydrogen (secondary N) is 1. The van der Waals surface area contributed by atoms with Gasteiger partial charge in [-0.15, -0.1) is 0 Å². The summed E-state index contributed by atoms with van der Waals surface area (Å²) in [4.78, 5) is 12.5. The van der Waals surface area contributed by atoms with Crippen LogP contribution in [0.4, 0.5) is 10.5 Å². The molecule has 1 saturated heterocycles. The Morgan fingerprint density at radius 3 is 2.59 bits per heavy atom. The van der Waals surface area contributed by atoms with E-state index in [9.17, 15) is 13.2 Å². The summed E-state index contributed by atoms with van der Waals surface area (Å²) >= 11 is 0. The highest BCUT2D eigenvalue weighted by Crippen LogP contribution is 2.28. The van der Waals surface area contributed by atoms with Crippen LogP contribution in [0.5, 0.6) is 5.75 Å². The molecule has 2 heterocycles. The largest absolute Gasteiger partial charge is 0.493 e. The third-order valence-corrected chi connectivity index (χ3v) is 7.18. The molecule has 0 spiro atoms. The van der Waals surface area contributed by atoms with E-state index >= 15 is 0 Å². The third kappa shape index (κ3) is 4.38. The van der Waals surface area contributed by atoms with Gasteiger partial charge in [0, 0.05) is 25.2 Å². The van der Waals surface area contributed by atoms with Gasteiger partial charge in [-0.25, -0.2) is 13.2 Å². The fraction of sp³-hybridized carbons (Fsp3) is 0.381. The van der Waals surface area contributed by atoms with Gasteiger partial charge < -0.3 is 9.47 Å². The predicted octanol–water partition coefficient (Wildman–Crippen LogP) is 3.33. The van der Waals surface area contributed by atoms with E-state index in [0.717, 1.165) is 23.3 Å². The molecule has 1 N–H and O–H groups in total. The third-order valence-electron chi connectivity index (χ3n) is 5.27. The van der Waals surface area contributed by atoms with E-state index in [1.165, 1.54) is 4.31 Å². The number of amides is 1. The number of ether oxygens (including phenoxy) is 2. The van der Waals surface area contributed by atoms with Crippen molar-refractivity contribution >= 4 is 21.8 Å². The predicted molar refractivity (Wildman–Crippen MR) is 109 cm³/mol. The standard InChI is InChI=1S/C21H24N2O5S/c1-15-2-5-19(6-3-15)29(25,26)23-11-8-18(9-12-23)28-21(24)22-17-4-7-20-16(14-17)10-13-27-20/h2-7,14,18H,8-13H2,1H3,(H,22,24). The van der Waals surface area contributed by atoms with Crippen molar-refractivity contribution in [3.63, 3.8) is 0 Å². The summed E-state index contributed by atoms with van der Waals surface area (Å²) in [5.41, 5.74) is 2.74. The maximum atomic E-state index is 12.8. The summed E-state index contributed by atoms with van der Waals surface area (Å²) in [7, 11) is -3.52. The van der Waals surface area contributed by atoms with Gasteiger partial charge in [-0.2, -0.15) is 4.31 Å². The number of fused-ring (bicyclic) bond motifs is 1. The molecule has 2 aromatic carbocycles. The van der Waals surface area contributed by atoms with Gasteiger partial charge in [0.05, 0.1) is 11.5 Å². The first-order valence-corrected chi connectivity index (χ1v) is 11.2. The van der Waals surface area contributed by atoms with Crippen molar-refractivity contribution in [3.05, 3.63) is 53.6 Å². The summed E-state index contributed by atoms with van der Waals surface area (Å²) in [6.45, 7) is 3.23. The van der Waals surface area contributed by atoms with Crippen molar-refractivity contribution in [2.45, 2.75) is 37.2 Å². The highest BCUT2D eigenvalue weighted by Gasteiger charge is 2.30. The molecule has 1 fully saturated rings. The van der Waals surface area contributed by atoms with Gasteiger partial charge in [-0.05, 0) is 55.7 Å². The van der Waals surface area contributed by atoms with Crippen LogP contribution in [0.25, 0.3) is 0 Å². The number of hydrogen-bond donors (Lipinski definition) is 1. The van der Waals surface area contributed by atoms with Gasteiger partial charge >= 0.3 is 6.09 Å². The number of aryl methyl sites for hydroxylation is 1. The lowest BCUT2D eigenvalue weighted by atomic mass is 10.1. The number of sulfonamides is 1. The minimum Gasteiger partial charge on any atom is -0.493 e. The van der Waals surface area contributed by atoms with E-state index in [2.05, 4.69) is 5.32 Å². The second-order valence-electron chi connectivity index (χ2n) is 7.37. The molecular weight excluding hydrogens is 392 g/mol. The van der Waals surface area contributed by atoms with Crippen LogP contribution in [0.2, 0.25) is 0 Å². The van der Waals surface area contributed by atoms with Crippen molar-refractivity contribution in [2.75, 3.05) is 25.0 Å². The van der Waals surface area contributed by atoms with Crippen LogP contribution >= 0.6 is 0 Å². The lowest BCUT2D eigenvalue weighted by Gasteiger charge is -2.30. The minimum absolute atomic E-state index is 0.292. The molecule has 0 atom stereocenters. The number of carbonyl (C=O) groups is 1. The zero-order valence-corrected chi connectivity index (χ0v) is 17.1. The second kappa shape index (κ2) is 8.04. The summed E-state index contributed by atoms with van der Waals surface area (Å²) in [5, 5.41) is 2.74. The van der Waals surface area contributed by atoms with Crippen LogP contribution in [-0.2, 0) is 21.2 Å². The summed E-state index contributed by atoms with van der Waals surface area (Å²) in [6, 6.07) is 12.3. The van der Waals surface area contributed by atoms with E-state index in [0.29, 0.717) is 43.1 Å². The first-order valence-electron chi connectivity index (χ1n) is 9.72. The molecule has 4 rings (SSSR count). The van der Waals surface area contributed by atoms with E-state index in [1.807, 2.05) is 19.1 Å². The highest BCUT2D eigenvalue weighted by molar-refractivity contribution is 7.89. The van der Waals surface area contributed by atoms with Crippen molar-refractivity contribution in [3.8, 4) is 5.75 Å². The van der Waals surface area contributed by atoms with Crippen LogP contribution in [0.3, 0.4) is 0 Å². The van der Waals surface area contributed by atoms with Crippen LogP contribution in [0, 0.1) is 6.92 Å².